The van der Waals surface area contributed by atoms with E-state index in [1.54, 1.807) is 12.4 Å². The number of aromatic amines is 1. The molecule has 0 unspecified atom stereocenters. The summed E-state index contributed by atoms with van der Waals surface area (Å²) in [6.07, 6.45) is 7.50. The molecule has 0 saturated carbocycles. The summed E-state index contributed by atoms with van der Waals surface area (Å²) < 4.78 is 40.6. The highest BCUT2D eigenvalue weighted by Crippen LogP contribution is 2.34. The molecule has 0 amide bonds. The average Bonchev–Trinajstić information content (AvgIpc) is 3.75. The average molecular weight is 827 g/mol. The molecule has 7 N–H and O–H groups in total. The molecule has 16 nitrogen and oxygen atoms in total. The van der Waals surface area contributed by atoms with E-state index in [-0.39, 0.29) is 44.8 Å². The van der Waals surface area contributed by atoms with E-state index < -0.39 is 11.6 Å². The number of anilines is 3. The molecule has 4 heterocycles. The fourth-order valence-corrected chi connectivity index (χ4v) is 6.16. The molecule has 19 heteroatoms. The van der Waals surface area contributed by atoms with Gasteiger partial charge in [-0.1, -0.05) is 41.4 Å². The number of rotatable bonds is 8. The number of para-hydroxylation sites is 2. The number of nitrogens with zero attached hydrogens (tertiary/aromatic N) is 6. The monoisotopic (exact) mass is 826 g/mol. The summed E-state index contributed by atoms with van der Waals surface area (Å²) in [7, 11) is 6.79. The molecular formula is C40H37ClF2N10O6. The summed E-state index contributed by atoms with van der Waals surface area (Å²) in [6, 6.07) is 24.6. The second-order valence-corrected chi connectivity index (χ2v) is 12.6. The van der Waals surface area contributed by atoms with Crippen molar-refractivity contribution in [2.75, 3.05) is 25.3 Å². The van der Waals surface area contributed by atoms with E-state index in [4.69, 9.17) is 26.8 Å². The number of hydrogen-bond donors (Lipinski definition) is 3. The quantitative estimate of drug-likeness (QED) is 0.0788. The first-order valence-electron chi connectivity index (χ1n) is 17.0. The Morgan fingerprint density at radius 3 is 1.95 bits per heavy atom. The molecule has 0 saturated heterocycles. The fraction of sp³-hybridized carbons (Fsp3) is 0.100. The lowest BCUT2D eigenvalue weighted by Gasteiger charge is -2.07. The fourth-order valence-electron chi connectivity index (χ4n) is 6.01. The Bertz CT molecular complexity index is 2750. The summed E-state index contributed by atoms with van der Waals surface area (Å²) in [6.45, 7) is 0. The van der Waals surface area contributed by atoms with Crippen LogP contribution in [0.4, 0.5) is 37.5 Å². The number of hydrogen-bond acceptors (Lipinski definition) is 12. The molecule has 0 atom stereocenters. The third-order valence-electron chi connectivity index (χ3n) is 8.72. The van der Waals surface area contributed by atoms with Gasteiger partial charge in [0.25, 0.3) is 5.69 Å². The number of methoxy groups -OCH3 is 2. The number of nitrogen functional groups attached to an aromatic ring is 1. The molecule has 0 fully saturated rings. The van der Waals surface area contributed by atoms with E-state index in [9.17, 15) is 18.6 Å². The van der Waals surface area contributed by atoms with Gasteiger partial charge in [0, 0.05) is 106 Å². The van der Waals surface area contributed by atoms with E-state index in [0.717, 1.165) is 45.6 Å². The molecule has 0 aliphatic rings. The van der Waals surface area contributed by atoms with Crippen LogP contribution in [-0.2, 0) is 14.1 Å². The van der Waals surface area contributed by atoms with Crippen molar-refractivity contribution in [1.82, 2.24) is 24.1 Å². The minimum atomic E-state index is -0.751. The van der Waals surface area contributed by atoms with Gasteiger partial charge >= 0.3 is 5.95 Å². The van der Waals surface area contributed by atoms with Gasteiger partial charge in [0.15, 0.2) is 17.3 Å². The third-order valence-corrected chi connectivity index (χ3v) is 8.90. The summed E-state index contributed by atoms with van der Waals surface area (Å²) in [5.41, 5.74) is 11.4. The molecule has 304 valence electrons. The lowest BCUT2D eigenvalue weighted by atomic mass is 10.1. The number of aryl methyl sites for hydroxylation is 2. The van der Waals surface area contributed by atoms with Crippen molar-refractivity contribution in [3.8, 4) is 34.0 Å². The zero-order valence-corrected chi connectivity index (χ0v) is 32.6. The normalized spacial score (nSPS) is 10.2. The lowest BCUT2D eigenvalue weighted by Crippen LogP contribution is -2.56. The van der Waals surface area contributed by atoms with E-state index in [1.807, 2.05) is 73.4 Å². The zero-order valence-electron chi connectivity index (χ0n) is 31.8. The van der Waals surface area contributed by atoms with Crippen molar-refractivity contribution in [3.05, 3.63) is 136 Å². The number of nitrogens with two attached hydrogens (primary N) is 1. The standard InChI is InChI=1S/C20H16FN5O2.C13H10ClN3.C7H7FN2O2.2H2O/c1-26-11-13(12-5-3-4-6-18(12)26)15-7-8-22-20(23-15)24-17-10-16(25-27)14(21)9-19(17)28-2;1-17-8-10(9-4-2-3-5-12(9)17)11-6-7-15-13(14)16-11;1-12-7-2-4(8)6(10-11)3-5(7)9;;/h3-11H,1-2H3,(H,22,23,24);2-8H,1H3;2-3H,9H2,1H3;2*1H2. The number of aromatic nitrogens is 6. The number of nitroso groups, excluding NO2 is 2. The molecule has 4 aromatic heterocycles. The van der Waals surface area contributed by atoms with Crippen LogP contribution in [0, 0.1) is 21.4 Å². The number of halogens is 3. The van der Waals surface area contributed by atoms with Gasteiger partial charge in [-0.15, -0.1) is 4.91 Å². The predicted molar refractivity (Wildman–Crippen MR) is 219 cm³/mol. The Labute approximate surface area is 339 Å². The summed E-state index contributed by atoms with van der Waals surface area (Å²) in [5, 5.41) is 9.68. The number of benzene rings is 4. The SMILES string of the molecule is COc1cc(F)c(N=O)cc1Nc1nc(-c2cn(C)c3ccccc23)cc[nH+]1.COc1cc(F)c([NH+]=O)cc1N.Cn1cc(-c2ccnc(Cl)n2)c2ccccc21.[OH-].[OH-]. The molecule has 0 aliphatic heterocycles. The molecule has 4 aromatic carbocycles. The Morgan fingerprint density at radius 2 is 1.39 bits per heavy atom. The maximum atomic E-state index is 13.8. The van der Waals surface area contributed by atoms with Crippen molar-refractivity contribution in [2.45, 2.75) is 0 Å². The van der Waals surface area contributed by atoms with E-state index in [2.05, 4.69) is 53.3 Å². The molecule has 59 heavy (non-hydrogen) atoms. The first kappa shape index (κ1) is 44.3. The van der Waals surface area contributed by atoms with Crippen LogP contribution in [0.3, 0.4) is 0 Å². The van der Waals surface area contributed by atoms with Crippen molar-refractivity contribution in [1.29, 1.82) is 0 Å². The van der Waals surface area contributed by atoms with Crippen LogP contribution >= 0.6 is 11.6 Å². The second-order valence-electron chi connectivity index (χ2n) is 12.3. The van der Waals surface area contributed by atoms with Crippen LogP contribution in [0.15, 0.2) is 115 Å². The predicted octanol–water partition coefficient (Wildman–Crippen LogP) is 7.17. The highest BCUT2D eigenvalue weighted by Gasteiger charge is 2.19. The van der Waals surface area contributed by atoms with Gasteiger partial charge in [0.05, 0.1) is 31.8 Å². The van der Waals surface area contributed by atoms with E-state index >= 15 is 0 Å². The van der Waals surface area contributed by atoms with Crippen molar-refractivity contribution in [3.63, 3.8) is 0 Å². The Kier molecular flexibility index (Phi) is 14.7. The zero-order chi connectivity index (χ0) is 40.6. The largest absolute Gasteiger partial charge is 0.870 e. The molecule has 0 radical (unpaired) electrons. The van der Waals surface area contributed by atoms with Gasteiger partial charge in [-0.3, -0.25) is 0 Å². The van der Waals surface area contributed by atoms with Crippen LogP contribution in [0.5, 0.6) is 11.5 Å². The Morgan fingerprint density at radius 1 is 0.814 bits per heavy atom. The van der Waals surface area contributed by atoms with Gasteiger partial charge in [-0.2, -0.15) is 4.39 Å². The van der Waals surface area contributed by atoms with Crippen molar-refractivity contribution >= 4 is 62.1 Å². The first-order valence-corrected chi connectivity index (χ1v) is 17.4. The van der Waals surface area contributed by atoms with E-state index in [1.165, 1.54) is 42.4 Å². The molecule has 0 bridgehead atoms. The molecule has 8 aromatic rings. The lowest BCUT2D eigenvalue weighted by molar-refractivity contribution is -0.382. The number of ether oxygens (including phenoxy) is 2. The van der Waals surface area contributed by atoms with E-state index in [0.29, 0.717) is 11.6 Å². The molecule has 0 aliphatic carbocycles. The van der Waals surface area contributed by atoms with Crippen LogP contribution in [0.25, 0.3) is 44.3 Å². The van der Waals surface area contributed by atoms with Gasteiger partial charge in [-0.25, -0.2) is 24.7 Å². The minimum Gasteiger partial charge on any atom is -0.870 e. The van der Waals surface area contributed by atoms with Gasteiger partial charge < -0.3 is 35.3 Å². The smallest absolute Gasteiger partial charge is 0.394 e. The summed E-state index contributed by atoms with van der Waals surface area (Å²) in [5.74, 6) is -0.579. The van der Waals surface area contributed by atoms with Gasteiger partial charge in [0.2, 0.25) is 11.1 Å². The highest BCUT2D eigenvalue weighted by atomic mass is 35.5. The molecular weight excluding hydrogens is 790 g/mol. The maximum absolute atomic E-state index is 13.8. The highest BCUT2D eigenvalue weighted by molar-refractivity contribution is 6.28. The third kappa shape index (κ3) is 9.77. The maximum Gasteiger partial charge on any atom is 0.394 e. The topological polar surface area (TPSA) is 240 Å². The number of fused-ring (bicyclic) bond motifs is 2. The minimum absolute atomic E-state index is 0. The van der Waals surface area contributed by atoms with Gasteiger partial charge in [0.1, 0.15) is 17.1 Å². The Hall–Kier alpha value is -7.41. The van der Waals surface area contributed by atoms with Crippen molar-refractivity contribution in [2.24, 2.45) is 19.3 Å². The molecule has 8 rings (SSSR count). The van der Waals surface area contributed by atoms with Crippen LogP contribution in [0.2, 0.25) is 5.28 Å². The summed E-state index contributed by atoms with van der Waals surface area (Å²) >= 11 is 5.82. The van der Waals surface area contributed by atoms with Crippen LogP contribution in [0.1, 0.15) is 0 Å². The first-order chi connectivity index (χ1) is 27.5. The molecule has 0 spiro atoms. The number of nitrogens with one attached hydrogen (secondary N) is 3. The van der Waals surface area contributed by atoms with Gasteiger partial charge in [-0.05, 0) is 35.0 Å². The summed E-state index contributed by atoms with van der Waals surface area (Å²) in [4.78, 5) is 36.7. The van der Waals surface area contributed by atoms with Crippen LogP contribution < -0.4 is 30.7 Å². The number of H-pyrrole nitrogens is 1. The Balaban J connectivity index is 0.000000212. The van der Waals surface area contributed by atoms with Crippen molar-refractivity contribution < 1.29 is 39.4 Å². The second kappa shape index (κ2) is 19.6. The van der Waals surface area contributed by atoms with Crippen LogP contribution in [-0.4, -0.2) is 49.3 Å².